The van der Waals surface area contributed by atoms with Gasteiger partial charge in [-0.2, -0.15) is 11.8 Å². The maximum Gasteiger partial charge on any atom is 0.326 e. The van der Waals surface area contributed by atoms with Gasteiger partial charge in [-0.25, -0.2) is 4.79 Å². The molecule has 1 aromatic heterocycles. The molecule has 4 atom stereocenters. The van der Waals surface area contributed by atoms with Gasteiger partial charge in [-0.15, -0.1) is 0 Å². The molecule has 14 nitrogen and oxygen atoms in total. The molecule has 0 saturated carbocycles. The zero-order chi connectivity index (χ0) is 29.8. The second kappa shape index (κ2) is 15.5. The van der Waals surface area contributed by atoms with E-state index in [1.807, 2.05) is 18.2 Å². The van der Waals surface area contributed by atoms with E-state index in [2.05, 4.69) is 20.9 Å². The molecule has 1 heterocycles. The van der Waals surface area contributed by atoms with Crippen LogP contribution in [-0.2, 0) is 35.2 Å². The van der Waals surface area contributed by atoms with Gasteiger partial charge in [0.05, 0.1) is 12.5 Å². The van der Waals surface area contributed by atoms with Crippen LogP contribution in [0.5, 0.6) is 0 Å². The van der Waals surface area contributed by atoms with Crippen molar-refractivity contribution in [2.45, 2.75) is 56.3 Å². The molecule has 0 radical (unpaired) electrons. The lowest BCUT2D eigenvalue weighted by Crippen LogP contribution is -2.58. The van der Waals surface area contributed by atoms with Gasteiger partial charge in [0, 0.05) is 29.9 Å². The Bertz CT molecular complexity index is 1240. The fraction of sp³-hybridized carbons (Fsp3) is 0.440. The van der Waals surface area contributed by atoms with Crippen molar-refractivity contribution in [2.75, 3.05) is 12.0 Å². The number of primary amides is 2. The first-order valence-electron chi connectivity index (χ1n) is 12.4. The van der Waals surface area contributed by atoms with Crippen molar-refractivity contribution in [1.29, 1.82) is 0 Å². The third-order valence-electron chi connectivity index (χ3n) is 6.03. The number of carbonyl (C=O) groups excluding carboxylic acids is 5. The van der Waals surface area contributed by atoms with Gasteiger partial charge in [0.1, 0.15) is 18.1 Å². The molecule has 0 fully saturated rings. The van der Waals surface area contributed by atoms with Crippen LogP contribution < -0.4 is 33.2 Å². The van der Waals surface area contributed by atoms with E-state index in [-0.39, 0.29) is 25.7 Å². The lowest BCUT2D eigenvalue weighted by atomic mass is 10.0. The minimum Gasteiger partial charge on any atom is -0.480 e. The molecule has 4 unspecified atom stereocenters. The van der Waals surface area contributed by atoms with E-state index in [1.54, 1.807) is 18.5 Å². The second-order valence-corrected chi connectivity index (χ2v) is 10.1. The fourth-order valence-electron chi connectivity index (χ4n) is 3.91. The first kappa shape index (κ1) is 32.1. The van der Waals surface area contributed by atoms with Gasteiger partial charge in [-0.3, -0.25) is 24.0 Å². The van der Waals surface area contributed by atoms with E-state index in [0.717, 1.165) is 10.9 Å². The van der Waals surface area contributed by atoms with Crippen LogP contribution in [0, 0.1) is 0 Å². The Kier molecular flexibility index (Phi) is 12.4. The third kappa shape index (κ3) is 9.89. The van der Waals surface area contributed by atoms with Crippen LogP contribution in [0.4, 0.5) is 0 Å². The zero-order valence-electron chi connectivity index (χ0n) is 22.0. The average Bonchev–Trinajstić information content (AvgIpc) is 3.30. The second-order valence-electron chi connectivity index (χ2n) is 9.15. The van der Waals surface area contributed by atoms with Crippen LogP contribution in [0.25, 0.3) is 10.9 Å². The topological polar surface area (TPSA) is 253 Å². The number of para-hydroxylation sites is 1. The van der Waals surface area contributed by atoms with Gasteiger partial charge >= 0.3 is 5.97 Å². The number of amides is 5. The molecule has 5 amide bonds. The van der Waals surface area contributed by atoms with Gasteiger partial charge in [0.2, 0.25) is 29.5 Å². The number of hydrogen-bond acceptors (Lipinski definition) is 8. The van der Waals surface area contributed by atoms with Crippen molar-refractivity contribution in [3.05, 3.63) is 36.0 Å². The van der Waals surface area contributed by atoms with Crippen LogP contribution >= 0.6 is 11.8 Å². The highest BCUT2D eigenvalue weighted by molar-refractivity contribution is 7.98. The quantitative estimate of drug-likeness (QED) is 0.108. The smallest absolute Gasteiger partial charge is 0.326 e. The predicted octanol–water partition coefficient (Wildman–Crippen LogP) is -1.53. The molecule has 0 aliphatic heterocycles. The number of nitrogens with two attached hydrogens (primary N) is 3. The van der Waals surface area contributed by atoms with Crippen molar-refractivity contribution < 1.29 is 33.9 Å². The van der Waals surface area contributed by atoms with Crippen LogP contribution in [0.2, 0.25) is 0 Å². The van der Waals surface area contributed by atoms with Crippen LogP contribution in [0.15, 0.2) is 30.5 Å². The van der Waals surface area contributed by atoms with Gasteiger partial charge in [0.15, 0.2) is 0 Å². The molecule has 218 valence electrons. The summed E-state index contributed by atoms with van der Waals surface area (Å²) in [5.41, 5.74) is 17.6. The molecule has 0 aliphatic rings. The average molecular weight is 578 g/mol. The number of aromatic amines is 1. The van der Waals surface area contributed by atoms with Gasteiger partial charge in [0.25, 0.3) is 0 Å². The van der Waals surface area contributed by atoms with Crippen LogP contribution in [0.1, 0.15) is 31.2 Å². The molecule has 2 aromatic rings. The molecule has 0 spiro atoms. The highest BCUT2D eigenvalue weighted by Crippen LogP contribution is 2.19. The molecule has 40 heavy (non-hydrogen) atoms. The molecule has 11 N–H and O–H groups in total. The number of benzene rings is 1. The summed E-state index contributed by atoms with van der Waals surface area (Å²) in [5.74, 6) is -4.78. The summed E-state index contributed by atoms with van der Waals surface area (Å²) in [6.45, 7) is 0. The largest absolute Gasteiger partial charge is 0.480 e. The summed E-state index contributed by atoms with van der Waals surface area (Å²) in [5, 5.41) is 17.7. The molecule has 2 rings (SSSR count). The number of thioether (sulfide) groups is 1. The molecule has 0 saturated heterocycles. The Morgan fingerprint density at radius 1 is 0.900 bits per heavy atom. The third-order valence-corrected chi connectivity index (χ3v) is 6.67. The Balaban J connectivity index is 2.31. The summed E-state index contributed by atoms with van der Waals surface area (Å²) in [6, 6.07) is 2.13. The number of rotatable bonds is 17. The maximum absolute atomic E-state index is 13.5. The van der Waals surface area contributed by atoms with Crippen LogP contribution in [0.3, 0.4) is 0 Å². The van der Waals surface area contributed by atoms with E-state index in [9.17, 15) is 33.9 Å². The molecule has 1 aromatic carbocycles. The first-order chi connectivity index (χ1) is 18.9. The lowest BCUT2D eigenvalue weighted by molar-refractivity contribution is -0.142. The monoisotopic (exact) mass is 577 g/mol. The van der Waals surface area contributed by atoms with E-state index < -0.39 is 66.1 Å². The van der Waals surface area contributed by atoms with E-state index in [4.69, 9.17) is 17.2 Å². The lowest BCUT2D eigenvalue weighted by Gasteiger charge is -2.25. The molecular weight excluding hydrogens is 542 g/mol. The number of nitrogens with one attached hydrogen (secondary N) is 4. The van der Waals surface area contributed by atoms with Gasteiger partial charge in [-0.1, -0.05) is 18.2 Å². The molecule has 0 aliphatic carbocycles. The standard InChI is InChI=1S/C25H35N7O7S/c1-40-9-8-18(25(38)39)31-23(36)17(6-7-20(27)33)30-24(37)19(32-22(35)15(26)11-21(28)34)10-13-12-29-16-5-3-2-4-14(13)16/h2-5,12,15,17-19,29H,6-11,26H2,1H3,(H2,27,33)(H2,28,34)(H,30,37)(H,31,36)(H,32,35)(H,38,39). The minimum atomic E-state index is -1.34. The zero-order valence-corrected chi connectivity index (χ0v) is 22.8. The number of hydrogen-bond donors (Lipinski definition) is 8. The van der Waals surface area contributed by atoms with Crippen molar-refractivity contribution in [3.8, 4) is 0 Å². The number of carboxylic acid groups (broad SMARTS) is 1. The van der Waals surface area contributed by atoms with E-state index in [1.165, 1.54) is 11.8 Å². The van der Waals surface area contributed by atoms with Gasteiger partial charge < -0.3 is 43.2 Å². The number of aliphatic carboxylic acids is 1. The fourth-order valence-corrected chi connectivity index (χ4v) is 4.38. The normalized spacial score (nSPS) is 13.9. The number of carbonyl (C=O) groups is 6. The Morgan fingerprint density at radius 3 is 2.15 bits per heavy atom. The molecular formula is C25H35N7O7S. The SMILES string of the molecule is CSCCC(NC(=O)C(CCC(N)=O)NC(=O)C(Cc1c[nH]c2ccccc12)NC(=O)C(N)CC(N)=O)C(=O)O. The first-order valence-corrected chi connectivity index (χ1v) is 13.8. The summed E-state index contributed by atoms with van der Waals surface area (Å²) in [7, 11) is 0. The van der Waals surface area contributed by atoms with E-state index in [0.29, 0.717) is 11.3 Å². The number of aromatic nitrogens is 1. The van der Waals surface area contributed by atoms with Gasteiger partial charge in [-0.05, 0) is 36.5 Å². The number of fused-ring (bicyclic) bond motifs is 1. The molecule has 15 heteroatoms. The highest BCUT2D eigenvalue weighted by Gasteiger charge is 2.31. The summed E-state index contributed by atoms with van der Waals surface area (Å²) >= 11 is 1.40. The minimum absolute atomic E-state index is 0.0273. The summed E-state index contributed by atoms with van der Waals surface area (Å²) in [6.07, 6.45) is 2.62. The van der Waals surface area contributed by atoms with E-state index >= 15 is 0 Å². The predicted molar refractivity (Wildman–Crippen MR) is 149 cm³/mol. The van der Waals surface area contributed by atoms with Crippen molar-refractivity contribution in [1.82, 2.24) is 20.9 Å². The van der Waals surface area contributed by atoms with Crippen molar-refractivity contribution in [3.63, 3.8) is 0 Å². The Labute approximate surface area is 234 Å². The van der Waals surface area contributed by atoms with Crippen molar-refractivity contribution >= 4 is 58.2 Å². The van der Waals surface area contributed by atoms with Crippen LogP contribution in [-0.4, -0.2) is 81.8 Å². The summed E-state index contributed by atoms with van der Waals surface area (Å²) < 4.78 is 0. The highest BCUT2D eigenvalue weighted by atomic mass is 32.2. The van der Waals surface area contributed by atoms with Crippen molar-refractivity contribution in [2.24, 2.45) is 17.2 Å². The number of carboxylic acids is 1. The number of H-pyrrole nitrogens is 1. The molecule has 0 bridgehead atoms. The Hall–Kier alpha value is -4.11. The maximum atomic E-state index is 13.5. The Morgan fingerprint density at radius 2 is 1.52 bits per heavy atom. The summed E-state index contributed by atoms with van der Waals surface area (Å²) in [4.78, 5) is 76.5.